The summed E-state index contributed by atoms with van der Waals surface area (Å²) < 4.78 is 12.9. The minimum Gasteiger partial charge on any atom is -0.484 e. The van der Waals surface area contributed by atoms with E-state index in [0.717, 1.165) is 37.0 Å². The van der Waals surface area contributed by atoms with Gasteiger partial charge in [0, 0.05) is 24.0 Å². The highest BCUT2D eigenvalue weighted by Gasteiger charge is 2.27. The van der Waals surface area contributed by atoms with E-state index >= 15 is 0 Å². The zero-order valence-corrected chi connectivity index (χ0v) is 19.1. The second-order valence-corrected chi connectivity index (χ2v) is 9.32. The van der Waals surface area contributed by atoms with Crippen molar-refractivity contribution in [2.24, 2.45) is 0 Å². The van der Waals surface area contributed by atoms with Crippen molar-refractivity contribution in [2.45, 2.75) is 32.3 Å². The molecule has 0 amide bonds. The number of anilines is 1. The molecule has 6 nitrogen and oxygen atoms in total. The van der Waals surface area contributed by atoms with Crippen molar-refractivity contribution in [3.8, 4) is 11.8 Å². The number of nitriles is 1. The number of hydrogen-bond donors (Lipinski definition) is 0. The van der Waals surface area contributed by atoms with Crippen LogP contribution >= 0.6 is 22.9 Å². The molecule has 32 heavy (non-hydrogen) atoms. The highest BCUT2D eigenvalue weighted by atomic mass is 35.5. The molecule has 1 aliphatic rings. The summed E-state index contributed by atoms with van der Waals surface area (Å²) in [5, 5.41) is 11.4. The quantitative estimate of drug-likeness (QED) is 0.356. The van der Waals surface area contributed by atoms with E-state index in [1.165, 1.54) is 9.71 Å². The standard InChI is InChI=1S/C24H21ClN4O2S/c1-15-12-17(6-7-18(15)25)30-14-22-27-20(13-26)24(31-22)29-10-8-16(9-11-29)23-28-19-4-2-3-5-21(19)32-23/h2-7,12,16H,8-11,14H2,1H3. The molecule has 1 fully saturated rings. The number of hydrogen-bond acceptors (Lipinski definition) is 7. The summed E-state index contributed by atoms with van der Waals surface area (Å²) in [6.45, 7) is 3.66. The van der Waals surface area contributed by atoms with Crippen molar-refractivity contribution in [1.29, 1.82) is 5.26 Å². The van der Waals surface area contributed by atoms with Gasteiger partial charge in [0.25, 0.3) is 0 Å². The number of para-hydroxylation sites is 1. The summed E-state index contributed by atoms with van der Waals surface area (Å²) in [6, 6.07) is 15.9. The maximum Gasteiger partial charge on any atom is 0.236 e. The summed E-state index contributed by atoms with van der Waals surface area (Å²) in [5.74, 6) is 2.02. The van der Waals surface area contributed by atoms with Gasteiger partial charge in [-0.1, -0.05) is 23.7 Å². The van der Waals surface area contributed by atoms with Gasteiger partial charge in [0.1, 0.15) is 11.8 Å². The number of thiazole rings is 1. The van der Waals surface area contributed by atoms with Crippen LogP contribution in [0.25, 0.3) is 10.2 Å². The monoisotopic (exact) mass is 464 g/mol. The lowest BCUT2D eigenvalue weighted by Gasteiger charge is -2.30. The van der Waals surface area contributed by atoms with E-state index < -0.39 is 0 Å². The fourth-order valence-electron chi connectivity index (χ4n) is 3.95. The Balaban J connectivity index is 1.25. The molecule has 8 heteroatoms. The molecule has 0 unspecified atom stereocenters. The van der Waals surface area contributed by atoms with Gasteiger partial charge >= 0.3 is 0 Å². The van der Waals surface area contributed by atoms with E-state index in [1.54, 1.807) is 23.5 Å². The molecule has 5 rings (SSSR count). The molecule has 0 aliphatic carbocycles. The van der Waals surface area contributed by atoms with Gasteiger partial charge in [0.15, 0.2) is 6.61 Å². The van der Waals surface area contributed by atoms with Crippen LogP contribution in [0.1, 0.15) is 40.9 Å². The molecule has 4 aromatic rings. The molecular weight excluding hydrogens is 444 g/mol. The van der Waals surface area contributed by atoms with E-state index in [9.17, 15) is 5.26 Å². The molecule has 0 bridgehead atoms. The van der Waals surface area contributed by atoms with Gasteiger partial charge in [0.2, 0.25) is 17.5 Å². The molecule has 2 aromatic carbocycles. The van der Waals surface area contributed by atoms with E-state index in [-0.39, 0.29) is 6.61 Å². The number of oxazole rings is 1. The highest BCUT2D eigenvalue weighted by Crippen LogP contribution is 2.36. The SMILES string of the molecule is Cc1cc(OCc2nc(C#N)c(N3CCC(c4nc5ccccc5s4)CC3)o2)ccc1Cl. The topological polar surface area (TPSA) is 75.2 Å². The third-order valence-electron chi connectivity index (χ3n) is 5.69. The summed E-state index contributed by atoms with van der Waals surface area (Å²) in [6.07, 6.45) is 1.92. The molecule has 1 saturated heterocycles. The Labute approximate surface area is 195 Å². The smallest absolute Gasteiger partial charge is 0.236 e. The Hall–Kier alpha value is -3.08. The number of rotatable bonds is 5. The lowest BCUT2D eigenvalue weighted by molar-refractivity contribution is 0.263. The Morgan fingerprint density at radius 2 is 2.03 bits per heavy atom. The first-order chi connectivity index (χ1) is 15.6. The van der Waals surface area contributed by atoms with E-state index in [0.29, 0.717) is 34.2 Å². The lowest BCUT2D eigenvalue weighted by Crippen LogP contribution is -2.33. The number of piperidine rings is 1. The zero-order valence-electron chi connectivity index (χ0n) is 17.5. The molecule has 0 N–H and O–H groups in total. The van der Waals surface area contributed by atoms with Crippen LogP contribution in [0.3, 0.4) is 0 Å². The third-order valence-corrected chi connectivity index (χ3v) is 7.32. The van der Waals surface area contributed by atoms with Crippen molar-refractivity contribution >= 4 is 39.0 Å². The fourth-order valence-corrected chi connectivity index (χ4v) is 5.20. The number of aryl methyl sites for hydroxylation is 1. The van der Waals surface area contributed by atoms with Crippen LogP contribution in [-0.4, -0.2) is 23.1 Å². The maximum atomic E-state index is 9.56. The van der Waals surface area contributed by atoms with Crippen molar-refractivity contribution in [1.82, 2.24) is 9.97 Å². The minimum absolute atomic E-state index is 0.151. The van der Waals surface area contributed by atoms with Crippen LogP contribution in [0.2, 0.25) is 5.02 Å². The first-order valence-electron chi connectivity index (χ1n) is 10.5. The van der Waals surface area contributed by atoms with Crippen LogP contribution in [0.4, 0.5) is 5.88 Å². The Bertz CT molecular complexity index is 1270. The summed E-state index contributed by atoms with van der Waals surface area (Å²) in [7, 11) is 0. The normalized spacial score (nSPS) is 14.6. The average molecular weight is 465 g/mol. The molecular formula is C24H21ClN4O2S. The minimum atomic E-state index is 0.151. The molecule has 1 aliphatic heterocycles. The van der Waals surface area contributed by atoms with Crippen LogP contribution < -0.4 is 9.64 Å². The molecule has 0 saturated carbocycles. The van der Waals surface area contributed by atoms with Gasteiger partial charge in [-0.2, -0.15) is 10.2 Å². The number of aromatic nitrogens is 2. The average Bonchev–Trinajstić information content (AvgIpc) is 3.44. The first-order valence-corrected chi connectivity index (χ1v) is 11.7. The highest BCUT2D eigenvalue weighted by molar-refractivity contribution is 7.18. The molecule has 3 heterocycles. The largest absolute Gasteiger partial charge is 0.484 e. The Morgan fingerprint density at radius 1 is 1.22 bits per heavy atom. The predicted octanol–water partition coefficient (Wildman–Crippen LogP) is 6.08. The molecule has 0 atom stereocenters. The van der Waals surface area contributed by atoms with Crippen LogP contribution in [0.15, 0.2) is 46.9 Å². The number of halogens is 1. The van der Waals surface area contributed by atoms with Gasteiger partial charge in [-0.3, -0.25) is 0 Å². The maximum absolute atomic E-state index is 9.56. The summed E-state index contributed by atoms with van der Waals surface area (Å²) in [4.78, 5) is 11.3. The summed E-state index contributed by atoms with van der Waals surface area (Å²) >= 11 is 7.84. The van der Waals surface area contributed by atoms with Crippen LogP contribution in [-0.2, 0) is 6.61 Å². The van der Waals surface area contributed by atoms with Gasteiger partial charge < -0.3 is 14.1 Å². The van der Waals surface area contributed by atoms with Gasteiger partial charge in [-0.15, -0.1) is 11.3 Å². The fraction of sp³-hybridized carbons (Fsp3) is 0.292. The van der Waals surface area contributed by atoms with E-state index in [4.69, 9.17) is 25.7 Å². The summed E-state index contributed by atoms with van der Waals surface area (Å²) in [5.41, 5.74) is 2.30. The number of nitrogens with zero attached hydrogens (tertiary/aromatic N) is 4. The molecule has 0 radical (unpaired) electrons. The Kier molecular flexibility index (Phi) is 5.73. The van der Waals surface area contributed by atoms with Gasteiger partial charge in [0.05, 0.1) is 15.2 Å². The van der Waals surface area contributed by atoms with Crippen LogP contribution in [0, 0.1) is 18.3 Å². The number of fused-ring (bicyclic) bond motifs is 1. The van der Waals surface area contributed by atoms with Gasteiger partial charge in [-0.05, 0) is 55.7 Å². The van der Waals surface area contributed by atoms with Crippen molar-refractivity contribution in [3.63, 3.8) is 0 Å². The van der Waals surface area contributed by atoms with Crippen molar-refractivity contribution < 1.29 is 9.15 Å². The van der Waals surface area contributed by atoms with Gasteiger partial charge in [-0.25, -0.2) is 4.98 Å². The molecule has 162 valence electrons. The molecule has 0 spiro atoms. The zero-order chi connectivity index (χ0) is 22.1. The van der Waals surface area contributed by atoms with Crippen molar-refractivity contribution in [3.05, 3.63) is 69.6 Å². The predicted molar refractivity (Wildman–Crippen MR) is 126 cm³/mol. The van der Waals surface area contributed by atoms with Crippen LogP contribution in [0.5, 0.6) is 5.75 Å². The first kappa shape index (κ1) is 20.8. The number of benzene rings is 2. The van der Waals surface area contributed by atoms with E-state index in [2.05, 4.69) is 34.2 Å². The molecule has 2 aromatic heterocycles. The van der Waals surface area contributed by atoms with Crippen molar-refractivity contribution in [2.75, 3.05) is 18.0 Å². The second-order valence-electron chi connectivity index (χ2n) is 7.85. The Morgan fingerprint density at radius 3 is 2.78 bits per heavy atom. The lowest BCUT2D eigenvalue weighted by atomic mass is 9.97. The number of ether oxygens (including phenoxy) is 1. The second kappa shape index (κ2) is 8.81. The van der Waals surface area contributed by atoms with E-state index in [1.807, 2.05) is 19.1 Å². The third kappa shape index (κ3) is 4.16.